The van der Waals surface area contributed by atoms with Gasteiger partial charge in [-0.2, -0.15) is 0 Å². The molecule has 0 aliphatic heterocycles. The zero-order valence-electron chi connectivity index (χ0n) is 6.35. The number of hydrogen-bond acceptors (Lipinski definition) is 2. The van der Waals surface area contributed by atoms with Gasteiger partial charge in [0.05, 0.1) is 11.0 Å². The van der Waals surface area contributed by atoms with Crippen LogP contribution in [0.2, 0.25) is 0 Å². The highest BCUT2D eigenvalue weighted by atomic mass is 16.3. The minimum absolute atomic E-state index is 0.375. The van der Waals surface area contributed by atoms with Crippen LogP contribution in [0.25, 0.3) is 0 Å². The number of primary amides is 1. The topological polar surface area (TPSA) is 63.3 Å². The lowest BCUT2D eigenvalue weighted by atomic mass is 9.87. The molecular formula is C7H13NO2. The lowest BCUT2D eigenvalue weighted by Crippen LogP contribution is -2.42. The predicted octanol–water partition coefficient (Wildman–Crippen LogP) is 0.0228. The van der Waals surface area contributed by atoms with Crippen molar-refractivity contribution >= 4 is 5.91 Å². The summed E-state index contributed by atoms with van der Waals surface area (Å²) in [7, 11) is 0. The zero-order valence-corrected chi connectivity index (χ0v) is 6.35. The average Bonchev–Trinajstić information content (AvgIpc) is 2.36. The Morgan fingerprint density at radius 2 is 2.00 bits per heavy atom. The maximum absolute atomic E-state index is 10.8. The lowest BCUT2D eigenvalue weighted by molar-refractivity contribution is -0.131. The molecule has 10 heavy (non-hydrogen) atoms. The van der Waals surface area contributed by atoms with E-state index < -0.39 is 11.0 Å². The third-order valence-corrected chi connectivity index (χ3v) is 2.39. The molecule has 1 aliphatic carbocycles. The first kappa shape index (κ1) is 7.54. The number of nitrogens with two attached hydrogens (primary N) is 1. The van der Waals surface area contributed by atoms with E-state index in [-0.39, 0.29) is 5.91 Å². The standard InChI is InChI=1S/C7H13NO2/c1-6(2,10)7(3-4-7)5(8)9/h10H,3-4H2,1-2H3,(H2,8,9). The molecule has 0 saturated heterocycles. The van der Waals surface area contributed by atoms with E-state index in [0.717, 1.165) is 12.8 Å². The molecule has 0 spiro atoms. The normalized spacial score (nSPS) is 22.3. The van der Waals surface area contributed by atoms with Crippen LogP contribution < -0.4 is 5.73 Å². The second-order valence-corrected chi connectivity index (χ2v) is 3.51. The van der Waals surface area contributed by atoms with Crippen molar-refractivity contribution in [3.8, 4) is 0 Å². The van der Waals surface area contributed by atoms with Gasteiger partial charge < -0.3 is 10.8 Å². The maximum atomic E-state index is 10.8. The fraction of sp³-hybridized carbons (Fsp3) is 0.857. The number of amides is 1. The maximum Gasteiger partial charge on any atom is 0.226 e. The van der Waals surface area contributed by atoms with Crippen molar-refractivity contribution < 1.29 is 9.90 Å². The van der Waals surface area contributed by atoms with Crippen LogP contribution in [0.4, 0.5) is 0 Å². The van der Waals surface area contributed by atoms with Gasteiger partial charge in [-0.25, -0.2) is 0 Å². The van der Waals surface area contributed by atoms with Crippen molar-refractivity contribution in [3.05, 3.63) is 0 Å². The second kappa shape index (κ2) is 1.72. The summed E-state index contributed by atoms with van der Waals surface area (Å²) in [6.07, 6.45) is 1.46. The van der Waals surface area contributed by atoms with E-state index in [2.05, 4.69) is 0 Å². The molecule has 0 aromatic heterocycles. The number of carbonyl (C=O) groups is 1. The van der Waals surface area contributed by atoms with E-state index in [0.29, 0.717) is 0 Å². The van der Waals surface area contributed by atoms with E-state index in [4.69, 9.17) is 5.73 Å². The average molecular weight is 143 g/mol. The first-order valence-electron chi connectivity index (χ1n) is 3.42. The lowest BCUT2D eigenvalue weighted by Gasteiger charge is -2.25. The van der Waals surface area contributed by atoms with Gasteiger partial charge in [-0.3, -0.25) is 4.79 Å². The Hall–Kier alpha value is -0.570. The highest BCUT2D eigenvalue weighted by Gasteiger charge is 2.58. The number of hydrogen-bond donors (Lipinski definition) is 2. The van der Waals surface area contributed by atoms with Gasteiger partial charge in [0.25, 0.3) is 0 Å². The summed E-state index contributed by atoms with van der Waals surface area (Å²) in [5, 5.41) is 9.48. The molecule has 1 saturated carbocycles. The van der Waals surface area contributed by atoms with Crippen molar-refractivity contribution in [3.63, 3.8) is 0 Å². The summed E-state index contributed by atoms with van der Waals surface area (Å²) in [5.41, 5.74) is 3.56. The van der Waals surface area contributed by atoms with Crippen molar-refractivity contribution in [1.82, 2.24) is 0 Å². The van der Waals surface area contributed by atoms with Crippen LogP contribution in [0.1, 0.15) is 26.7 Å². The van der Waals surface area contributed by atoms with Gasteiger partial charge in [0, 0.05) is 0 Å². The van der Waals surface area contributed by atoms with Gasteiger partial charge in [0.1, 0.15) is 0 Å². The Morgan fingerprint density at radius 1 is 1.60 bits per heavy atom. The van der Waals surface area contributed by atoms with E-state index in [1.807, 2.05) is 0 Å². The van der Waals surface area contributed by atoms with Crippen LogP contribution in [-0.2, 0) is 4.79 Å². The zero-order chi connectivity index (χ0) is 7.99. The molecule has 0 radical (unpaired) electrons. The number of rotatable bonds is 2. The van der Waals surface area contributed by atoms with Gasteiger partial charge in [-0.1, -0.05) is 0 Å². The molecule has 1 aliphatic rings. The van der Waals surface area contributed by atoms with Gasteiger partial charge in [-0.05, 0) is 26.7 Å². The van der Waals surface area contributed by atoms with Gasteiger partial charge in [0.15, 0.2) is 0 Å². The molecule has 0 aromatic rings. The Labute approximate surface area is 60.2 Å². The smallest absolute Gasteiger partial charge is 0.226 e. The largest absolute Gasteiger partial charge is 0.389 e. The van der Waals surface area contributed by atoms with Gasteiger partial charge >= 0.3 is 0 Å². The van der Waals surface area contributed by atoms with Crippen LogP contribution in [0.5, 0.6) is 0 Å². The van der Waals surface area contributed by atoms with Crippen molar-refractivity contribution in [1.29, 1.82) is 0 Å². The Balaban J connectivity index is 2.80. The monoisotopic (exact) mass is 143 g/mol. The van der Waals surface area contributed by atoms with E-state index in [1.54, 1.807) is 13.8 Å². The highest BCUT2D eigenvalue weighted by molar-refractivity contribution is 5.85. The summed E-state index contributed by atoms with van der Waals surface area (Å²) < 4.78 is 0. The number of aliphatic hydroxyl groups is 1. The summed E-state index contributed by atoms with van der Waals surface area (Å²) in [6.45, 7) is 3.26. The van der Waals surface area contributed by atoms with Crippen LogP contribution in [-0.4, -0.2) is 16.6 Å². The SMILES string of the molecule is CC(C)(O)C1(C(N)=O)CC1. The van der Waals surface area contributed by atoms with Gasteiger partial charge in [0.2, 0.25) is 5.91 Å². The van der Waals surface area contributed by atoms with E-state index in [9.17, 15) is 9.90 Å². The molecule has 3 heteroatoms. The molecule has 0 aromatic carbocycles. The molecule has 0 bridgehead atoms. The summed E-state index contributed by atoms with van der Waals surface area (Å²) in [4.78, 5) is 10.8. The molecule has 0 heterocycles. The minimum Gasteiger partial charge on any atom is -0.389 e. The molecule has 1 amide bonds. The van der Waals surface area contributed by atoms with Crippen molar-refractivity contribution in [2.75, 3.05) is 0 Å². The fourth-order valence-corrected chi connectivity index (χ4v) is 1.28. The Bertz CT molecular complexity index is 165. The molecule has 0 atom stereocenters. The van der Waals surface area contributed by atoms with Crippen molar-refractivity contribution in [2.45, 2.75) is 32.3 Å². The van der Waals surface area contributed by atoms with Crippen LogP contribution in [0.15, 0.2) is 0 Å². The predicted molar refractivity (Wildman–Crippen MR) is 37.2 cm³/mol. The molecule has 0 unspecified atom stereocenters. The van der Waals surface area contributed by atoms with E-state index in [1.165, 1.54) is 0 Å². The minimum atomic E-state index is -0.946. The highest BCUT2D eigenvalue weighted by Crippen LogP contribution is 2.53. The summed E-state index contributed by atoms with van der Waals surface area (Å²) in [6, 6.07) is 0. The van der Waals surface area contributed by atoms with Crippen LogP contribution in [0, 0.1) is 5.41 Å². The third-order valence-electron chi connectivity index (χ3n) is 2.39. The van der Waals surface area contributed by atoms with Crippen LogP contribution in [0.3, 0.4) is 0 Å². The molecule has 1 fully saturated rings. The molecule has 3 N–H and O–H groups in total. The first-order valence-corrected chi connectivity index (χ1v) is 3.42. The molecular weight excluding hydrogens is 130 g/mol. The Kier molecular flexibility index (Phi) is 1.30. The van der Waals surface area contributed by atoms with Gasteiger partial charge in [-0.15, -0.1) is 0 Å². The Morgan fingerprint density at radius 3 is 2.00 bits per heavy atom. The second-order valence-electron chi connectivity index (χ2n) is 3.51. The van der Waals surface area contributed by atoms with Crippen LogP contribution >= 0.6 is 0 Å². The van der Waals surface area contributed by atoms with Crippen molar-refractivity contribution in [2.24, 2.45) is 11.1 Å². The number of carbonyl (C=O) groups excluding carboxylic acids is 1. The first-order chi connectivity index (χ1) is 4.40. The molecule has 1 rings (SSSR count). The molecule has 58 valence electrons. The summed E-state index contributed by atoms with van der Waals surface area (Å²) in [5.74, 6) is -0.375. The quantitative estimate of drug-likeness (QED) is 0.572. The fourth-order valence-electron chi connectivity index (χ4n) is 1.28. The summed E-state index contributed by atoms with van der Waals surface area (Å²) >= 11 is 0. The third kappa shape index (κ3) is 0.814. The molecule has 3 nitrogen and oxygen atoms in total. The van der Waals surface area contributed by atoms with E-state index >= 15 is 0 Å².